The Morgan fingerprint density at radius 2 is 1.62 bits per heavy atom. The van der Waals surface area contributed by atoms with E-state index in [1.54, 1.807) is 6.07 Å². The number of para-hydroxylation sites is 1. The van der Waals surface area contributed by atoms with E-state index in [1.807, 2.05) is 30.3 Å². The molecule has 0 spiro atoms. The van der Waals surface area contributed by atoms with Crippen molar-refractivity contribution in [1.82, 2.24) is 4.98 Å². The van der Waals surface area contributed by atoms with Crippen molar-refractivity contribution in [2.75, 3.05) is 0 Å². The van der Waals surface area contributed by atoms with Gasteiger partial charge in [0.1, 0.15) is 0 Å². The molecule has 0 fully saturated rings. The van der Waals surface area contributed by atoms with Gasteiger partial charge in [-0.1, -0.05) is 30.3 Å². The molecule has 1 aromatic heterocycles. The van der Waals surface area contributed by atoms with Gasteiger partial charge in [0.05, 0.1) is 5.52 Å². The highest BCUT2D eigenvalue weighted by Crippen LogP contribution is 2.05. The lowest BCUT2D eigenvalue weighted by molar-refractivity contribution is 1.33. The van der Waals surface area contributed by atoms with E-state index in [0.717, 1.165) is 10.9 Å². The molecular weight excluding hydrogens is 186 g/mol. The maximum atomic E-state index is 11.0. The molecule has 13 heavy (non-hydrogen) atoms. The molecule has 0 radical (unpaired) electrons. The number of fused-ring (bicyclic) bond motifs is 1. The summed E-state index contributed by atoms with van der Waals surface area (Å²) in [6.07, 6.45) is 0. The number of halogens is 1. The van der Waals surface area contributed by atoms with Gasteiger partial charge in [-0.2, -0.15) is 0 Å². The van der Waals surface area contributed by atoms with Gasteiger partial charge < -0.3 is 0 Å². The third-order valence-corrected chi connectivity index (χ3v) is 1.68. The van der Waals surface area contributed by atoms with Gasteiger partial charge in [-0.05, 0) is 6.07 Å². The van der Waals surface area contributed by atoms with Crippen LogP contribution in [0.2, 0.25) is 0 Å². The summed E-state index contributed by atoms with van der Waals surface area (Å²) in [5.41, 5.74) is 0.545. The van der Waals surface area contributed by atoms with Crippen LogP contribution < -0.4 is 5.56 Å². The smallest absolute Gasteiger partial charge is 0.267 e. The lowest BCUT2D eigenvalue weighted by atomic mass is 10.2. The Kier molecular flexibility index (Phi) is 2.98. The SMILES string of the molecule is Cl.O=c1cccc2ccccc2n1. The van der Waals surface area contributed by atoms with Crippen molar-refractivity contribution in [2.24, 2.45) is 0 Å². The van der Waals surface area contributed by atoms with Crippen LogP contribution in [0.3, 0.4) is 0 Å². The van der Waals surface area contributed by atoms with Crippen LogP contribution in [0, 0.1) is 0 Å². The third kappa shape index (κ3) is 2.04. The van der Waals surface area contributed by atoms with Gasteiger partial charge in [0.15, 0.2) is 0 Å². The van der Waals surface area contributed by atoms with E-state index in [4.69, 9.17) is 0 Å². The molecule has 2 aromatic rings. The molecule has 0 unspecified atom stereocenters. The van der Waals surface area contributed by atoms with Crippen LogP contribution in [-0.2, 0) is 0 Å². The fourth-order valence-electron chi connectivity index (χ4n) is 1.12. The molecule has 0 amide bonds. The van der Waals surface area contributed by atoms with Crippen LogP contribution >= 0.6 is 12.4 Å². The molecular formula is C10H8ClNO. The summed E-state index contributed by atoms with van der Waals surface area (Å²) >= 11 is 0. The molecule has 66 valence electrons. The normalized spacial score (nSPS) is 9.23. The zero-order chi connectivity index (χ0) is 8.39. The zero-order valence-corrected chi connectivity index (χ0v) is 7.62. The second kappa shape index (κ2) is 4.01. The summed E-state index contributed by atoms with van der Waals surface area (Å²) in [5.74, 6) is 0. The van der Waals surface area contributed by atoms with Crippen molar-refractivity contribution in [3.63, 3.8) is 0 Å². The Morgan fingerprint density at radius 3 is 2.46 bits per heavy atom. The van der Waals surface area contributed by atoms with Crippen molar-refractivity contribution in [1.29, 1.82) is 0 Å². The van der Waals surface area contributed by atoms with Crippen LogP contribution in [0.5, 0.6) is 0 Å². The lowest BCUT2D eigenvalue weighted by Crippen LogP contribution is -1.97. The Bertz CT molecular complexity index is 470. The first-order valence-electron chi connectivity index (χ1n) is 3.72. The number of hydrogen-bond acceptors (Lipinski definition) is 2. The van der Waals surface area contributed by atoms with Gasteiger partial charge in [-0.15, -0.1) is 12.4 Å². The van der Waals surface area contributed by atoms with Crippen molar-refractivity contribution >= 4 is 23.3 Å². The third-order valence-electron chi connectivity index (χ3n) is 1.68. The maximum absolute atomic E-state index is 11.0. The van der Waals surface area contributed by atoms with E-state index < -0.39 is 0 Å². The first kappa shape index (κ1) is 9.68. The molecule has 2 rings (SSSR count). The maximum Gasteiger partial charge on any atom is 0.270 e. The van der Waals surface area contributed by atoms with Gasteiger partial charge in [0.2, 0.25) is 0 Å². The average Bonchev–Trinajstić information content (AvgIpc) is 2.25. The summed E-state index contributed by atoms with van der Waals surface area (Å²) in [6.45, 7) is 0. The Morgan fingerprint density at radius 1 is 0.923 bits per heavy atom. The van der Waals surface area contributed by atoms with Gasteiger partial charge in [-0.3, -0.25) is 4.79 Å². The Labute approximate surface area is 81.7 Å². The zero-order valence-electron chi connectivity index (χ0n) is 6.81. The van der Waals surface area contributed by atoms with E-state index >= 15 is 0 Å². The molecule has 0 bridgehead atoms. The summed E-state index contributed by atoms with van der Waals surface area (Å²) in [7, 11) is 0. The molecule has 1 aromatic carbocycles. The monoisotopic (exact) mass is 193 g/mol. The van der Waals surface area contributed by atoms with E-state index in [9.17, 15) is 4.79 Å². The average molecular weight is 194 g/mol. The highest BCUT2D eigenvalue weighted by atomic mass is 35.5. The molecule has 0 aliphatic rings. The van der Waals surface area contributed by atoms with Gasteiger partial charge >= 0.3 is 0 Å². The van der Waals surface area contributed by atoms with Crippen LogP contribution in [0.4, 0.5) is 0 Å². The molecule has 2 nitrogen and oxygen atoms in total. The van der Waals surface area contributed by atoms with Crippen molar-refractivity contribution < 1.29 is 0 Å². The quantitative estimate of drug-likeness (QED) is 0.641. The predicted octanol–water partition coefficient (Wildman–Crippen LogP) is 2.02. The van der Waals surface area contributed by atoms with E-state index in [0.29, 0.717) is 0 Å². The molecule has 0 aliphatic carbocycles. The number of hydrogen-bond donors (Lipinski definition) is 0. The molecule has 1 heterocycles. The molecule has 0 aliphatic heterocycles. The molecule has 0 saturated carbocycles. The second-order valence-electron chi connectivity index (χ2n) is 2.53. The van der Waals surface area contributed by atoms with Gasteiger partial charge in [-0.25, -0.2) is 4.98 Å². The minimum atomic E-state index is -0.198. The molecule has 0 N–H and O–H groups in total. The van der Waals surface area contributed by atoms with Gasteiger partial charge in [0, 0.05) is 11.5 Å². The molecule has 0 saturated heterocycles. The summed E-state index contributed by atoms with van der Waals surface area (Å²) in [6, 6.07) is 12.6. The van der Waals surface area contributed by atoms with E-state index in [-0.39, 0.29) is 18.0 Å². The second-order valence-corrected chi connectivity index (χ2v) is 2.53. The van der Waals surface area contributed by atoms with Crippen LogP contribution in [0.25, 0.3) is 10.9 Å². The lowest BCUT2D eigenvalue weighted by Gasteiger charge is -1.86. The van der Waals surface area contributed by atoms with Gasteiger partial charge in [0.25, 0.3) is 5.56 Å². The van der Waals surface area contributed by atoms with Crippen molar-refractivity contribution in [3.8, 4) is 0 Å². The molecule has 3 heteroatoms. The van der Waals surface area contributed by atoms with Crippen molar-refractivity contribution in [3.05, 3.63) is 52.8 Å². The topological polar surface area (TPSA) is 30.0 Å². The molecule has 0 atom stereocenters. The van der Waals surface area contributed by atoms with Crippen LogP contribution in [0.15, 0.2) is 47.3 Å². The number of nitrogens with zero attached hydrogens (tertiary/aromatic N) is 1. The van der Waals surface area contributed by atoms with Crippen molar-refractivity contribution in [2.45, 2.75) is 0 Å². The predicted molar refractivity (Wildman–Crippen MR) is 55.3 cm³/mol. The summed E-state index contributed by atoms with van der Waals surface area (Å²) in [4.78, 5) is 14.9. The number of aromatic nitrogens is 1. The fraction of sp³-hybridized carbons (Fsp3) is 0. The number of benzene rings is 1. The van der Waals surface area contributed by atoms with E-state index in [1.165, 1.54) is 6.07 Å². The highest BCUT2D eigenvalue weighted by Gasteiger charge is 1.89. The standard InChI is InChI=1S/C10H7NO.ClH/c12-10-7-3-5-8-4-1-2-6-9(8)11-10;/h1-7H;1H. The summed E-state index contributed by atoms with van der Waals surface area (Å²) in [5, 5.41) is 0.986. The minimum Gasteiger partial charge on any atom is -0.267 e. The minimum absolute atomic E-state index is 0. The number of rotatable bonds is 0. The van der Waals surface area contributed by atoms with Crippen LogP contribution in [0.1, 0.15) is 0 Å². The summed E-state index contributed by atoms with van der Waals surface area (Å²) < 4.78 is 0. The van der Waals surface area contributed by atoms with E-state index in [2.05, 4.69) is 4.98 Å². The highest BCUT2D eigenvalue weighted by molar-refractivity contribution is 5.85. The first-order valence-corrected chi connectivity index (χ1v) is 3.72. The fourth-order valence-corrected chi connectivity index (χ4v) is 1.12. The Balaban J connectivity index is 0.000000845. The Hall–Kier alpha value is -1.41. The first-order chi connectivity index (χ1) is 5.86. The van der Waals surface area contributed by atoms with Crippen LogP contribution in [-0.4, -0.2) is 4.98 Å². The largest absolute Gasteiger partial charge is 0.270 e.